The number of nitrogens with two attached hydrogens (primary N) is 1. The molecule has 5 N–H and O–H groups in total. The summed E-state index contributed by atoms with van der Waals surface area (Å²) in [6, 6.07) is 5.17. The van der Waals surface area contributed by atoms with Gasteiger partial charge >= 0.3 is 5.97 Å². The molecule has 0 bridgehead atoms. The van der Waals surface area contributed by atoms with E-state index in [1.165, 1.54) is 13.8 Å². The number of benzene rings is 1. The Bertz CT molecular complexity index is 768. The Morgan fingerprint density at radius 2 is 1.68 bits per heavy atom. The molecule has 3 amide bonds. The van der Waals surface area contributed by atoms with Crippen LogP contribution in [-0.4, -0.2) is 63.0 Å². The van der Waals surface area contributed by atoms with Gasteiger partial charge in [0.15, 0.2) is 0 Å². The fourth-order valence-corrected chi connectivity index (χ4v) is 2.97. The average Bonchev–Trinajstić information content (AvgIpc) is 2.71. The molecule has 172 valence electrons. The lowest BCUT2D eigenvalue weighted by molar-refractivity contribution is -0.154. The normalized spacial score (nSPS) is 15.8. The molecule has 1 rings (SSSR count). The van der Waals surface area contributed by atoms with Gasteiger partial charge in [0.25, 0.3) is 0 Å². The van der Waals surface area contributed by atoms with Crippen molar-refractivity contribution in [2.24, 2.45) is 11.7 Å². The van der Waals surface area contributed by atoms with Crippen LogP contribution >= 0.6 is 0 Å². The Balaban J connectivity index is 3.42. The molecule has 0 unspecified atom stereocenters. The van der Waals surface area contributed by atoms with E-state index in [0.29, 0.717) is 12.0 Å². The molecule has 0 heterocycles. The molecule has 0 saturated carbocycles. The van der Waals surface area contributed by atoms with E-state index >= 15 is 0 Å². The van der Waals surface area contributed by atoms with Crippen molar-refractivity contribution in [2.75, 3.05) is 0 Å². The van der Waals surface area contributed by atoms with E-state index < -0.39 is 47.9 Å². The average molecular weight is 436 g/mol. The number of carboxylic acids is 1. The first-order chi connectivity index (χ1) is 14.5. The third kappa shape index (κ3) is 7.76. The first kappa shape index (κ1) is 26.3. The van der Waals surface area contributed by atoms with Crippen LogP contribution in [0.3, 0.4) is 0 Å². The number of hydrogen-bond acceptors (Lipinski definition) is 6. The molecule has 9 nitrogen and oxygen atoms in total. The maximum Gasteiger partial charge on any atom is 0.325 e. The van der Waals surface area contributed by atoms with E-state index in [9.17, 15) is 24.3 Å². The molecular formula is C22H33N3O6. The fourth-order valence-electron chi connectivity index (χ4n) is 2.97. The van der Waals surface area contributed by atoms with Crippen LogP contribution in [0.2, 0.25) is 0 Å². The van der Waals surface area contributed by atoms with E-state index in [1.807, 2.05) is 6.92 Å². The summed E-state index contributed by atoms with van der Waals surface area (Å²) in [5, 5.41) is 21.2. The van der Waals surface area contributed by atoms with Crippen molar-refractivity contribution in [3.05, 3.63) is 35.9 Å². The van der Waals surface area contributed by atoms with Crippen LogP contribution in [0.25, 0.3) is 0 Å². The van der Waals surface area contributed by atoms with Crippen molar-refractivity contribution >= 4 is 23.7 Å². The van der Waals surface area contributed by atoms with Crippen molar-refractivity contribution in [3.63, 3.8) is 0 Å². The van der Waals surface area contributed by atoms with Gasteiger partial charge in [-0.25, -0.2) is 0 Å². The highest BCUT2D eigenvalue weighted by atomic mass is 16.4. The van der Waals surface area contributed by atoms with Crippen LogP contribution in [0.5, 0.6) is 0 Å². The maximum absolute atomic E-state index is 13.2. The number of nitrogens with one attached hydrogen (secondary N) is 1. The van der Waals surface area contributed by atoms with Crippen molar-refractivity contribution in [3.8, 4) is 0 Å². The van der Waals surface area contributed by atoms with Crippen LogP contribution in [0.4, 0.5) is 0 Å². The Labute approximate surface area is 182 Å². The van der Waals surface area contributed by atoms with Gasteiger partial charge in [-0.05, 0) is 25.3 Å². The predicted octanol–water partition coefficient (Wildman–Crippen LogP) is 0.687. The van der Waals surface area contributed by atoms with Crippen molar-refractivity contribution in [1.29, 1.82) is 0 Å². The zero-order valence-corrected chi connectivity index (χ0v) is 18.4. The quantitative estimate of drug-likeness (QED) is 0.399. The maximum atomic E-state index is 13.2. The molecule has 0 aliphatic carbocycles. The molecule has 0 aliphatic heterocycles. The number of aliphatic hydroxyl groups excluding tert-OH is 1. The zero-order chi connectivity index (χ0) is 23.7. The monoisotopic (exact) mass is 435 g/mol. The van der Waals surface area contributed by atoms with Gasteiger partial charge in [0.05, 0.1) is 18.6 Å². The highest BCUT2D eigenvalue weighted by molar-refractivity contribution is 6.03. The first-order valence-corrected chi connectivity index (χ1v) is 10.4. The van der Waals surface area contributed by atoms with Gasteiger partial charge in [-0.15, -0.1) is 0 Å². The second-order valence-electron chi connectivity index (χ2n) is 7.84. The number of hydrogen-bond donors (Lipinski definition) is 4. The summed E-state index contributed by atoms with van der Waals surface area (Å²) < 4.78 is 0. The Morgan fingerprint density at radius 1 is 1.10 bits per heavy atom. The minimum Gasteiger partial charge on any atom is -0.480 e. The Kier molecular flexibility index (Phi) is 10.3. The smallest absolute Gasteiger partial charge is 0.325 e. The first-order valence-electron chi connectivity index (χ1n) is 10.4. The number of amides is 3. The van der Waals surface area contributed by atoms with Crippen molar-refractivity contribution in [1.82, 2.24) is 10.2 Å². The summed E-state index contributed by atoms with van der Waals surface area (Å²) in [5.74, 6) is -3.79. The highest BCUT2D eigenvalue weighted by Crippen LogP contribution is 2.17. The van der Waals surface area contributed by atoms with E-state index in [-0.39, 0.29) is 18.8 Å². The Morgan fingerprint density at radius 3 is 2.16 bits per heavy atom. The number of carbonyl (C=O) groups is 4. The number of rotatable bonds is 11. The van der Waals surface area contributed by atoms with E-state index in [2.05, 4.69) is 5.32 Å². The van der Waals surface area contributed by atoms with Crippen LogP contribution in [-0.2, 0) is 25.6 Å². The summed E-state index contributed by atoms with van der Waals surface area (Å²) in [5.41, 5.74) is 6.76. The minimum atomic E-state index is -1.32. The molecular weight excluding hydrogens is 402 g/mol. The topological polar surface area (TPSA) is 150 Å². The van der Waals surface area contributed by atoms with Crippen molar-refractivity contribution < 1.29 is 29.4 Å². The van der Waals surface area contributed by atoms with E-state index in [4.69, 9.17) is 10.8 Å². The van der Waals surface area contributed by atoms with Crippen LogP contribution in [0.15, 0.2) is 30.3 Å². The van der Waals surface area contributed by atoms with Gasteiger partial charge in [-0.1, -0.05) is 50.6 Å². The molecule has 0 fully saturated rings. The number of aliphatic carboxylic acids is 1. The van der Waals surface area contributed by atoms with Gasteiger partial charge in [0.2, 0.25) is 17.7 Å². The van der Waals surface area contributed by atoms with Gasteiger partial charge in [-0.3, -0.25) is 24.1 Å². The third-order valence-electron chi connectivity index (χ3n) is 5.13. The van der Waals surface area contributed by atoms with E-state index in [1.54, 1.807) is 37.3 Å². The molecule has 0 saturated heterocycles. The van der Waals surface area contributed by atoms with Crippen LogP contribution < -0.4 is 11.1 Å². The SMILES string of the molecule is CC[C@H](C)[C@@H](N)C(=O)N(C(=O)C[C@@H](C)O)[C@H](Cc1ccccc1)C(=O)N[C@H](C)C(=O)O. The second kappa shape index (κ2) is 12.2. The minimum absolute atomic E-state index is 0.0243. The third-order valence-corrected chi connectivity index (χ3v) is 5.13. The molecule has 1 aromatic carbocycles. The summed E-state index contributed by atoms with van der Waals surface area (Å²) in [6.45, 7) is 6.30. The molecule has 5 atom stereocenters. The van der Waals surface area contributed by atoms with Gasteiger partial charge < -0.3 is 21.3 Å². The number of carbonyl (C=O) groups excluding carboxylic acids is 3. The summed E-state index contributed by atoms with van der Waals surface area (Å²) >= 11 is 0. The van der Waals surface area contributed by atoms with Gasteiger partial charge in [-0.2, -0.15) is 0 Å². The molecule has 31 heavy (non-hydrogen) atoms. The molecule has 1 aromatic rings. The van der Waals surface area contributed by atoms with Crippen LogP contribution in [0.1, 0.15) is 46.1 Å². The lowest BCUT2D eigenvalue weighted by Gasteiger charge is -2.33. The van der Waals surface area contributed by atoms with Crippen LogP contribution in [0, 0.1) is 5.92 Å². The lowest BCUT2D eigenvalue weighted by Crippen LogP contribution is -2.59. The number of aliphatic hydroxyl groups is 1. The van der Waals surface area contributed by atoms with Gasteiger partial charge in [0.1, 0.15) is 12.1 Å². The zero-order valence-electron chi connectivity index (χ0n) is 18.4. The lowest BCUT2D eigenvalue weighted by atomic mass is 9.96. The molecule has 0 aliphatic rings. The molecule has 9 heteroatoms. The fraction of sp³-hybridized carbons (Fsp3) is 0.545. The highest BCUT2D eigenvalue weighted by Gasteiger charge is 2.39. The molecule has 0 radical (unpaired) electrons. The largest absolute Gasteiger partial charge is 0.480 e. The van der Waals surface area contributed by atoms with Gasteiger partial charge in [0, 0.05) is 6.42 Å². The number of imide groups is 1. The number of carboxylic acid groups (broad SMARTS) is 1. The summed E-state index contributed by atoms with van der Waals surface area (Å²) in [7, 11) is 0. The van der Waals surface area contributed by atoms with E-state index in [0.717, 1.165) is 4.90 Å². The molecule has 0 spiro atoms. The molecule has 0 aromatic heterocycles. The Hall–Kier alpha value is -2.78. The van der Waals surface area contributed by atoms with Crippen molar-refractivity contribution in [2.45, 2.75) is 71.2 Å². The number of nitrogens with zero attached hydrogens (tertiary/aromatic N) is 1. The summed E-state index contributed by atoms with van der Waals surface area (Å²) in [4.78, 5) is 51.2. The predicted molar refractivity (Wildman–Crippen MR) is 115 cm³/mol. The standard InChI is InChI=1S/C22H33N3O6/c1-5-13(2)19(23)21(29)25(18(27)11-14(3)26)17(12-16-9-7-6-8-10-16)20(28)24-15(4)22(30)31/h6-10,13-15,17,19,26H,5,11-12,23H2,1-4H3,(H,24,28)(H,30,31)/t13-,14+,15+,17+,19+/m0/s1. The second-order valence-corrected chi connectivity index (χ2v) is 7.84. The summed E-state index contributed by atoms with van der Waals surface area (Å²) in [6.07, 6.45) is -0.868.